The molecule has 0 radical (unpaired) electrons. The second-order valence-corrected chi connectivity index (χ2v) is 7.25. The predicted molar refractivity (Wildman–Crippen MR) is 97.0 cm³/mol. The van der Waals surface area contributed by atoms with Crippen LogP contribution >= 0.6 is 0 Å². The van der Waals surface area contributed by atoms with Crippen LogP contribution in [0.3, 0.4) is 0 Å². The number of hydrogen-bond acceptors (Lipinski definition) is 4. The summed E-state index contributed by atoms with van der Waals surface area (Å²) < 4.78 is 33.0. The molecule has 0 aliphatic carbocycles. The number of aromatic nitrogens is 1. The fraction of sp³-hybridized carbons (Fsp3) is 0.105. The molecule has 2 aromatic carbocycles. The summed E-state index contributed by atoms with van der Waals surface area (Å²) in [6, 6.07) is 19.0. The molecule has 1 aromatic heterocycles. The second-order valence-electron chi connectivity index (χ2n) is 5.39. The maximum Gasteiger partial charge on any atom is 0.264 e. The Morgan fingerprint density at radius 3 is 2.48 bits per heavy atom. The van der Waals surface area contributed by atoms with Gasteiger partial charge in [0.1, 0.15) is 5.75 Å². The van der Waals surface area contributed by atoms with Gasteiger partial charge in [-0.1, -0.05) is 30.3 Å². The zero-order chi connectivity index (χ0) is 17.7. The third-order valence-corrected chi connectivity index (χ3v) is 5.51. The highest BCUT2D eigenvalue weighted by Crippen LogP contribution is 2.28. The Bertz CT molecular complexity index is 929. The third kappa shape index (κ3) is 3.80. The van der Waals surface area contributed by atoms with Crippen LogP contribution in [0.25, 0.3) is 0 Å². The number of rotatable bonds is 6. The smallest absolute Gasteiger partial charge is 0.264 e. The monoisotopic (exact) mass is 354 g/mol. The summed E-state index contributed by atoms with van der Waals surface area (Å²) >= 11 is 0. The lowest BCUT2D eigenvalue weighted by Crippen LogP contribution is -2.30. The summed E-state index contributed by atoms with van der Waals surface area (Å²) in [5.41, 5.74) is 1.33. The quantitative estimate of drug-likeness (QED) is 0.680. The van der Waals surface area contributed by atoms with Gasteiger partial charge in [-0.05, 0) is 35.9 Å². The lowest BCUT2D eigenvalue weighted by Gasteiger charge is -2.25. The molecule has 0 unspecified atom stereocenters. The van der Waals surface area contributed by atoms with Gasteiger partial charge in [-0.3, -0.25) is 9.29 Å². The highest BCUT2D eigenvalue weighted by atomic mass is 32.2. The fourth-order valence-electron chi connectivity index (χ4n) is 2.46. The molecule has 25 heavy (non-hydrogen) atoms. The van der Waals surface area contributed by atoms with Crippen molar-refractivity contribution in [3.63, 3.8) is 0 Å². The van der Waals surface area contributed by atoms with Crippen molar-refractivity contribution in [2.75, 3.05) is 11.4 Å². The standard InChI is InChI=1S/C19H18N2O3S/c1-24-18-9-5-8-17(13-18)21(15-16-7-6-12-20-14-16)25(22,23)19-10-3-2-4-11-19/h2-14H,15H2,1H3. The van der Waals surface area contributed by atoms with Crippen molar-refractivity contribution in [2.45, 2.75) is 11.4 Å². The maximum absolute atomic E-state index is 13.2. The average molecular weight is 354 g/mol. The summed E-state index contributed by atoms with van der Waals surface area (Å²) in [7, 11) is -2.18. The molecule has 3 aromatic rings. The van der Waals surface area contributed by atoms with Crippen molar-refractivity contribution in [1.82, 2.24) is 4.98 Å². The first-order valence-corrected chi connectivity index (χ1v) is 9.16. The van der Waals surface area contributed by atoms with Crippen molar-refractivity contribution in [3.05, 3.63) is 84.7 Å². The van der Waals surface area contributed by atoms with Crippen LogP contribution in [-0.2, 0) is 16.6 Å². The molecule has 0 fully saturated rings. The van der Waals surface area contributed by atoms with Gasteiger partial charge in [0.2, 0.25) is 0 Å². The van der Waals surface area contributed by atoms with Crippen LogP contribution in [0.15, 0.2) is 84.0 Å². The molecule has 0 aliphatic heterocycles. The van der Waals surface area contributed by atoms with Crippen LogP contribution in [0.4, 0.5) is 5.69 Å². The largest absolute Gasteiger partial charge is 0.497 e. The van der Waals surface area contributed by atoms with Crippen molar-refractivity contribution in [3.8, 4) is 5.75 Å². The normalized spacial score (nSPS) is 11.1. The molecule has 0 aliphatic rings. The Morgan fingerprint density at radius 2 is 1.80 bits per heavy atom. The number of anilines is 1. The lowest BCUT2D eigenvalue weighted by atomic mass is 10.2. The predicted octanol–water partition coefficient (Wildman–Crippen LogP) is 3.49. The van der Waals surface area contributed by atoms with E-state index in [1.807, 2.05) is 6.07 Å². The van der Waals surface area contributed by atoms with E-state index in [0.717, 1.165) is 5.56 Å². The number of benzene rings is 2. The van der Waals surface area contributed by atoms with E-state index in [0.29, 0.717) is 11.4 Å². The number of methoxy groups -OCH3 is 1. The van der Waals surface area contributed by atoms with Gasteiger partial charge in [0.25, 0.3) is 10.0 Å². The molecule has 0 bridgehead atoms. The molecular weight excluding hydrogens is 336 g/mol. The van der Waals surface area contributed by atoms with Crippen molar-refractivity contribution in [1.29, 1.82) is 0 Å². The molecule has 6 heteroatoms. The molecule has 0 saturated carbocycles. The zero-order valence-electron chi connectivity index (χ0n) is 13.7. The van der Waals surface area contributed by atoms with Crippen LogP contribution in [0.1, 0.15) is 5.56 Å². The van der Waals surface area contributed by atoms with Crippen LogP contribution in [0, 0.1) is 0 Å². The first-order chi connectivity index (χ1) is 12.1. The van der Waals surface area contributed by atoms with Gasteiger partial charge in [0.05, 0.1) is 24.2 Å². The average Bonchev–Trinajstić information content (AvgIpc) is 2.67. The minimum atomic E-state index is -3.73. The molecule has 128 valence electrons. The van der Waals surface area contributed by atoms with Crippen molar-refractivity contribution < 1.29 is 13.2 Å². The number of hydrogen-bond donors (Lipinski definition) is 0. The van der Waals surface area contributed by atoms with E-state index < -0.39 is 10.0 Å². The molecule has 1 heterocycles. The summed E-state index contributed by atoms with van der Waals surface area (Å²) in [6.45, 7) is 0.179. The van der Waals surface area contributed by atoms with E-state index in [2.05, 4.69) is 4.98 Å². The summed E-state index contributed by atoms with van der Waals surface area (Å²) in [5.74, 6) is 0.594. The Kier molecular flexibility index (Phi) is 5.00. The Labute approximate surface area is 147 Å². The molecule has 0 spiro atoms. The Hall–Kier alpha value is -2.86. The van der Waals surface area contributed by atoms with Gasteiger partial charge in [0, 0.05) is 18.5 Å². The summed E-state index contributed by atoms with van der Waals surface area (Å²) in [4.78, 5) is 4.31. The van der Waals surface area contributed by atoms with E-state index in [4.69, 9.17) is 4.74 Å². The first-order valence-electron chi connectivity index (χ1n) is 7.72. The minimum absolute atomic E-state index is 0.179. The maximum atomic E-state index is 13.2. The van der Waals surface area contributed by atoms with Crippen LogP contribution in [0.2, 0.25) is 0 Å². The molecule has 0 saturated heterocycles. The molecule has 0 amide bonds. The van der Waals surface area contributed by atoms with E-state index in [9.17, 15) is 8.42 Å². The van der Waals surface area contributed by atoms with Crippen molar-refractivity contribution >= 4 is 15.7 Å². The first kappa shape index (κ1) is 17.0. The van der Waals surface area contributed by atoms with E-state index in [1.54, 1.807) is 80.2 Å². The molecular formula is C19H18N2O3S. The molecule has 0 N–H and O–H groups in total. The molecule has 3 rings (SSSR count). The van der Waals surface area contributed by atoms with Crippen LogP contribution in [0.5, 0.6) is 5.75 Å². The zero-order valence-corrected chi connectivity index (χ0v) is 14.6. The van der Waals surface area contributed by atoms with Gasteiger partial charge in [-0.25, -0.2) is 8.42 Å². The minimum Gasteiger partial charge on any atom is -0.497 e. The van der Waals surface area contributed by atoms with Gasteiger partial charge >= 0.3 is 0 Å². The van der Waals surface area contributed by atoms with Crippen LogP contribution < -0.4 is 9.04 Å². The SMILES string of the molecule is COc1cccc(N(Cc2cccnc2)S(=O)(=O)c2ccccc2)c1. The molecule has 5 nitrogen and oxygen atoms in total. The third-order valence-electron chi connectivity index (χ3n) is 3.72. The fourth-order valence-corrected chi connectivity index (χ4v) is 3.92. The van der Waals surface area contributed by atoms with Crippen molar-refractivity contribution in [2.24, 2.45) is 0 Å². The van der Waals surface area contributed by atoms with Gasteiger partial charge in [0.15, 0.2) is 0 Å². The van der Waals surface area contributed by atoms with E-state index in [1.165, 1.54) is 4.31 Å². The summed E-state index contributed by atoms with van der Waals surface area (Å²) in [6.07, 6.45) is 3.32. The van der Waals surface area contributed by atoms with Gasteiger partial charge in [-0.15, -0.1) is 0 Å². The van der Waals surface area contributed by atoms with Gasteiger partial charge < -0.3 is 4.74 Å². The number of pyridine rings is 1. The highest BCUT2D eigenvalue weighted by Gasteiger charge is 2.25. The number of ether oxygens (including phenoxy) is 1. The topological polar surface area (TPSA) is 59.5 Å². The Morgan fingerprint density at radius 1 is 1.00 bits per heavy atom. The molecule has 0 atom stereocenters. The number of sulfonamides is 1. The highest BCUT2D eigenvalue weighted by molar-refractivity contribution is 7.92. The second kappa shape index (κ2) is 7.36. The lowest BCUT2D eigenvalue weighted by molar-refractivity contribution is 0.415. The number of nitrogens with zero attached hydrogens (tertiary/aromatic N) is 2. The van der Waals surface area contributed by atoms with E-state index >= 15 is 0 Å². The summed E-state index contributed by atoms with van der Waals surface area (Å²) in [5, 5.41) is 0. The van der Waals surface area contributed by atoms with Gasteiger partial charge in [-0.2, -0.15) is 0 Å². The Balaban J connectivity index is 2.08. The van der Waals surface area contributed by atoms with E-state index in [-0.39, 0.29) is 11.4 Å². The van der Waals surface area contributed by atoms with Crippen LogP contribution in [-0.4, -0.2) is 20.5 Å².